The van der Waals surface area contributed by atoms with E-state index in [1.54, 1.807) is 6.07 Å². The second kappa shape index (κ2) is 8.61. The van der Waals surface area contributed by atoms with E-state index >= 15 is 0 Å². The van der Waals surface area contributed by atoms with E-state index in [1.807, 2.05) is 6.07 Å². The van der Waals surface area contributed by atoms with Crippen molar-refractivity contribution < 1.29 is 4.74 Å². The fourth-order valence-electron chi connectivity index (χ4n) is 5.61. The number of morpholine rings is 1. The summed E-state index contributed by atoms with van der Waals surface area (Å²) in [5.74, 6) is 2.70. The van der Waals surface area contributed by atoms with Gasteiger partial charge in [0.15, 0.2) is 0 Å². The van der Waals surface area contributed by atoms with Gasteiger partial charge in [-0.1, -0.05) is 26.3 Å². The van der Waals surface area contributed by atoms with Crippen molar-refractivity contribution in [1.29, 1.82) is 0 Å². The Kier molecular flexibility index (Phi) is 5.69. The smallest absolute Gasteiger partial charge is 0.250 e. The van der Waals surface area contributed by atoms with Gasteiger partial charge in [0.2, 0.25) is 5.95 Å². The third kappa shape index (κ3) is 3.84. The zero-order valence-corrected chi connectivity index (χ0v) is 18.7. The van der Waals surface area contributed by atoms with Crippen LogP contribution in [-0.4, -0.2) is 53.9 Å². The van der Waals surface area contributed by atoms with Crippen molar-refractivity contribution in [2.75, 3.05) is 49.2 Å². The molecule has 5 rings (SSSR count). The number of fused-ring (bicyclic) bond motifs is 4. The lowest BCUT2D eigenvalue weighted by molar-refractivity contribution is 0.122. The molecule has 0 unspecified atom stereocenters. The average molecular weight is 424 g/mol. The number of anilines is 2. The maximum Gasteiger partial charge on any atom is 0.250 e. The van der Waals surface area contributed by atoms with Crippen LogP contribution in [0.5, 0.6) is 0 Å². The van der Waals surface area contributed by atoms with Crippen LogP contribution in [0.3, 0.4) is 0 Å². The lowest BCUT2D eigenvalue weighted by Crippen LogP contribution is -2.49. The second-order valence-electron chi connectivity index (χ2n) is 9.08. The number of hydrogen-bond acceptors (Lipinski definition) is 6. The Bertz CT molecular complexity index is 984. The van der Waals surface area contributed by atoms with Crippen LogP contribution in [0.2, 0.25) is 0 Å². The van der Waals surface area contributed by atoms with Gasteiger partial charge < -0.3 is 19.1 Å². The first kappa shape index (κ1) is 20.5. The Hall–Kier alpha value is -2.41. The topological polar surface area (TPSA) is 63.5 Å². The molecule has 0 amide bonds. The third-order valence-electron chi connectivity index (χ3n) is 7.12. The molecule has 7 heteroatoms. The van der Waals surface area contributed by atoms with Gasteiger partial charge in [0.25, 0.3) is 5.56 Å². The number of pyridine rings is 1. The highest BCUT2D eigenvalue weighted by Crippen LogP contribution is 2.43. The number of rotatable bonds is 5. The molecule has 0 N–H and O–H groups in total. The molecule has 0 spiro atoms. The lowest BCUT2D eigenvalue weighted by atomic mass is 9.77. The van der Waals surface area contributed by atoms with Crippen molar-refractivity contribution in [3.05, 3.63) is 46.0 Å². The number of aryl methyl sites for hydroxylation is 1. The first-order valence-electron chi connectivity index (χ1n) is 11.8. The van der Waals surface area contributed by atoms with Crippen molar-refractivity contribution >= 4 is 11.8 Å². The summed E-state index contributed by atoms with van der Waals surface area (Å²) >= 11 is 0. The average Bonchev–Trinajstić information content (AvgIpc) is 2.82. The molecule has 3 aliphatic rings. The van der Waals surface area contributed by atoms with Crippen LogP contribution in [0.25, 0.3) is 0 Å². The zero-order chi connectivity index (χ0) is 21.4. The quantitative estimate of drug-likeness (QED) is 0.737. The molecular weight excluding hydrogens is 390 g/mol. The van der Waals surface area contributed by atoms with Gasteiger partial charge in [-0.25, -0.2) is 4.98 Å². The van der Waals surface area contributed by atoms with Crippen molar-refractivity contribution in [1.82, 2.24) is 14.5 Å². The minimum atomic E-state index is 0.156. The molecule has 0 saturated carbocycles. The summed E-state index contributed by atoms with van der Waals surface area (Å²) in [6, 6.07) is 8.24. The molecule has 5 heterocycles. The molecule has 2 aromatic heterocycles. The number of nitrogens with zero attached hydrogens (tertiary/aromatic N) is 5. The molecule has 0 aliphatic carbocycles. The van der Waals surface area contributed by atoms with Gasteiger partial charge >= 0.3 is 0 Å². The van der Waals surface area contributed by atoms with Crippen LogP contribution in [0.4, 0.5) is 11.8 Å². The predicted octanol–water partition coefficient (Wildman–Crippen LogP) is 3.00. The fraction of sp³-hybridized carbons (Fsp3) is 0.625. The van der Waals surface area contributed by atoms with E-state index in [2.05, 4.69) is 40.3 Å². The van der Waals surface area contributed by atoms with Crippen LogP contribution >= 0.6 is 0 Å². The molecule has 7 nitrogen and oxygen atoms in total. The molecule has 0 radical (unpaired) electrons. The Balaban J connectivity index is 1.49. The Morgan fingerprint density at radius 2 is 1.94 bits per heavy atom. The summed E-state index contributed by atoms with van der Waals surface area (Å²) in [5, 5.41) is 0. The van der Waals surface area contributed by atoms with E-state index in [-0.39, 0.29) is 11.6 Å². The predicted molar refractivity (Wildman–Crippen MR) is 122 cm³/mol. The first-order valence-corrected chi connectivity index (χ1v) is 11.8. The van der Waals surface area contributed by atoms with Crippen LogP contribution in [0.15, 0.2) is 29.1 Å². The summed E-state index contributed by atoms with van der Waals surface area (Å²) in [5.41, 5.74) is 2.44. The van der Waals surface area contributed by atoms with E-state index in [4.69, 9.17) is 14.7 Å². The fourth-order valence-corrected chi connectivity index (χ4v) is 5.61. The standard InChI is InChI=1S/C24H33N5O2/c1-3-6-20-17-13-18(21-7-5-8-23(30)29(20)21)16-28(15-17)22-14-19(4-2)25-24(26-22)27-9-11-31-12-10-27/h5,7-8,14,17-18,20H,3-4,6,9-13,15-16H2,1-2H3/t17-,18+,20-/m0/s1. The lowest BCUT2D eigenvalue weighted by Gasteiger charge is -2.47. The summed E-state index contributed by atoms with van der Waals surface area (Å²) in [6.45, 7) is 9.36. The highest BCUT2D eigenvalue weighted by Gasteiger charge is 2.40. The van der Waals surface area contributed by atoms with Gasteiger partial charge in [0, 0.05) is 61.7 Å². The van der Waals surface area contributed by atoms with E-state index in [0.29, 0.717) is 11.8 Å². The molecular formula is C24H33N5O2. The monoisotopic (exact) mass is 423 g/mol. The molecule has 2 bridgehead atoms. The second-order valence-corrected chi connectivity index (χ2v) is 9.08. The Labute approximate surface area is 184 Å². The number of aromatic nitrogens is 3. The van der Waals surface area contributed by atoms with Crippen LogP contribution in [0.1, 0.15) is 56.5 Å². The van der Waals surface area contributed by atoms with Crippen LogP contribution in [0, 0.1) is 5.92 Å². The van der Waals surface area contributed by atoms with Gasteiger partial charge in [0.05, 0.1) is 13.2 Å². The largest absolute Gasteiger partial charge is 0.378 e. The Morgan fingerprint density at radius 3 is 2.71 bits per heavy atom. The molecule has 3 atom stereocenters. The zero-order valence-electron chi connectivity index (χ0n) is 18.7. The van der Waals surface area contributed by atoms with E-state index in [9.17, 15) is 4.79 Å². The summed E-state index contributed by atoms with van der Waals surface area (Å²) in [6.07, 6.45) is 4.18. The van der Waals surface area contributed by atoms with Gasteiger partial charge in [-0.05, 0) is 31.2 Å². The molecule has 2 saturated heterocycles. The molecule has 31 heavy (non-hydrogen) atoms. The summed E-state index contributed by atoms with van der Waals surface area (Å²) < 4.78 is 7.62. The number of ether oxygens (including phenoxy) is 1. The van der Waals surface area contributed by atoms with Crippen molar-refractivity contribution in [3.8, 4) is 0 Å². The van der Waals surface area contributed by atoms with Crippen LogP contribution in [-0.2, 0) is 11.2 Å². The van der Waals surface area contributed by atoms with Gasteiger partial charge in [-0.15, -0.1) is 0 Å². The molecule has 3 aliphatic heterocycles. The maximum atomic E-state index is 12.7. The number of piperidine rings is 1. The maximum absolute atomic E-state index is 12.7. The van der Waals surface area contributed by atoms with Gasteiger partial charge in [-0.2, -0.15) is 4.98 Å². The summed E-state index contributed by atoms with van der Waals surface area (Å²) in [4.78, 5) is 27.3. The first-order chi connectivity index (χ1) is 15.2. The van der Waals surface area contributed by atoms with Gasteiger partial charge in [-0.3, -0.25) is 4.79 Å². The van der Waals surface area contributed by atoms with Gasteiger partial charge in [0.1, 0.15) is 5.82 Å². The van der Waals surface area contributed by atoms with Crippen molar-refractivity contribution in [3.63, 3.8) is 0 Å². The third-order valence-corrected chi connectivity index (χ3v) is 7.12. The molecule has 0 aromatic carbocycles. The van der Waals surface area contributed by atoms with Crippen molar-refractivity contribution in [2.24, 2.45) is 5.92 Å². The Morgan fingerprint density at radius 1 is 1.10 bits per heavy atom. The van der Waals surface area contributed by atoms with E-state index in [0.717, 1.165) is 82.5 Å². The highest BCUT2D eigenvalue weighted by atomic mass is 16.5. The van der Waals surface area contributed by atoms with Crippen LogP contribution < -0.4 is 15.4 Å². The molecule has 2 aromatic rings. The SMILES string of the molecule is CCC[C@H]1[C@H]2C[C@H](CN(c3cc(CC)nc(N4CCOCC4)n3)C2)c2cccc(=O)n21. The van der Waals surface area contributed by atoms with E-state index in [1.165, 1.54) is 5.69 Å². The number of hydrogen-bond donors (Lipinski definition) is 0. The summed E-state index contributed by atoms with van der Waals surface area (Å²) in [7, 11) is 0. The molecule has 2 fully saturated rings. The minimum absolute atomic E-state index is 0.156. The van der Waals surface area contributed by atoms with Crippen molar-refractivity contribution in [2.45, 2.75) is 51.5 Å². The normalized spacial score (nSPS) is 25.4. The minimum Gasteiger partial charge on any atom is -0.378 e. The van der Waals surface area contributed by atoms with E-state index < -0.39 is 0 Å². The highest BCUT2D eigenvalue weighted by molar-refractivity contribution is 5.48. The molecule has 166 valence electrons.